The highest BCUT2D eigenvalue weighted by Gasteiger charge is 2.44. The molecule has 102 heavy (non-hydrogen) atoms. The van der Waals surface area contributed by atoms with Crippen LogP contribution in [0.15, 0.2) is 212 Å². The van der Waals surface area contributed by atoms with E-state index in [2.05, 4.69) is 310 Å². The molecule has 0 saturated heterocycles. The van der Waals surface area contributed by atoms with E-state index in [0.717, 1.165) is 47.0 Å². The molecular weight excluding hydrogens is 1230 g/mol. The zero-order valence-electron chi connectivity index (χ0n) is 64.5. The summed E-state index contributed by atoms with van der Waals surface area (Å²) < 4.78 is 2.80. The first-order chi connectivity index (χ1) is 49.5. The molecule has 0 aliphatic heterocycles. The summed E-state index contributed by atoms with van der Waals surface area (Å²) in [5, 5.41) is 2.74. The fourth-order valence-electron chi connectivity index (χ4n) is 16.7. The third kappa shape index (κ3) is 16.3. The van der Waals surface area contributed by atoms with Crippen LogP contribution in [0.4, 0.5) is 34.1 Å². The van der Waals surface area contributed by atoms with E-state index in [4.69, 9.17) is 0 Å². The molecule has 1 aliphatic carbocycles. The summed E-state index contributed by atoms with van der Waals surface area (Å²) in [6.45, 7) is 27.7. The second-order valence-electron chi connectivity index (χ2n) is 32.4. The summed E-state index contributed by atoms with van der Waals surface area (Å²) in [6, 6.07) is 82.9. The summed E-state index contributed by atoms with van der Waals surface area (Å²) in [7, 11) is 0. The van der Waals surface area contributed by atoms with Gasteiger partial charge in [-0.1, -0.05) is 317 Å². The van der Waals surface area contributed by atoms with Gasteiger partial charge in [-0.15, -0.1) is 0 Å². The number of rotatable bonds is 33. The molecule has 0 bridgehead atoms. The Bertz CT molecular complexity index is 4490. The molecule has 11 aromatic rings. The van der Waals surface area contributed by atoms with E-state index in [1.165, 1.54) is 236 Å². The van der Waals surface area contributed by atoms with Gasteiger partial charge in [0, 0.05) is 61.6 Å². The van der Waals surface area contributed by atoms with Gasteiger partial charge in [-0.3, -0.25) is 0 Å². The van der Waals surface area contributed by atoms with Gasteiger partial charge >= 0.3 is 0 Å². The van der Waals surface area contributed by atoms with E-state index in [1.54, 1.807) is 11.1 Å². The molecule has 530 valence electrons. The quantitative estimate of drug-likeness (QED) is 0.0380. The minimum atomic E-state index is -0.0140. The van der Waals surface area contributed by atoms with Crippen LogP contribution >= 0.6 is 0 Å². The molecule has 0 saturated carbocycles. The molecule has 0 spiro atoms. The van der Waals surface area contributed by atoms with Gasteiger partial charge in [0.2, 0.25) is 0 Å². The Morgan fingerprint density at radius 1 is 0.333 bits per heavy atom. The van der Waals surface area contributed by atoms with Gasteiger partial charge in [-0.2, -0.15) is 0 Å². The Kier molecular flexibility index (Phi) is 24.0. The lowest BCUT2D eigenvalue weighted by molar-refractivity contribution is 0.398. The largest absolute Gasteiger partial charge is 0.311 e. The molecule has 1 aliphatic rings. The smallest absolute Gasteiger partial charge is 0.0622 e. The van der Waals surface area contributed by atoms with Crippen LogP contribution in [-0.2, 0) is 29.1 Å². The molecule has 0 unspecified atom stereocenters. The third-order valence-electron chi connectivity index (χ3n) is 22.7. The molecule has 0 N–H and O–H groups in total. The summed E-state index contributed by atoms with van der Waals surface area (Å²) in [4.78, 5) is 4.83. The maximum Gasteiger partial charge on any atom is 0.0622 e. The Morgan fingerprint density at radius 3 is 1.23 bits per heavy atom. The molecule has 0 amide bonds. The van der Waals surface area contributed by atoms with Crippen LogP contribution in [0, 0.1) is 13.8 Å². The molecule has 3 heteroatoms. The first-order valence-electron chi connectivity index (χ1n) is 40.1. The fraction of sp³-hybridized carbons (Fsp3) is 0.394. The van der Waals surface area contributed by atoms with Crippen molar-refractivity contribution in [3.05, 3.63) is 257 Å². The summed E-state index contributed by atoms with van der Waals surface area (Å²) in [5.74, 6) is 0. The first-order valence-corrected chi connectivity index (χ1v) is 40.1. The highest BCUT2D eigenvalue weighted by molar-refractivity contribution is 6.16. The standard InChI is InChI=1S/C99H119N3/c1-13-17-21-25-27-33-67-99(68-34-28-26-22-18-14-2)91-66-65-88-87-37-31-32-38-93(87)102(96(88)95(91)89-64-41-73(6)69-92(89)99)94-71-77(35-29-23-19-15-3)90(70-78(94)36-30-24-20-16-4)76-46-58-84(59-47-76)101(86-62-50-80(51-63-86)98(10,11)12)83-56-44-75(45-57-83)74-42-54-82(55-43-74)100(81-52-39-72(5)40-53-81)85-60-48-79(49-61-85)97(7,8)9/h31-32,37-66,69-71H,13-30,33-36,67-68H2,1-12H3. The van der Waals surface area contributed by atoms with Crippen LogP contribution in [-0.4, -0.2) is 4.57 Å². The lowest BCUT2D eigenvalue weighted by Gasteiger charge is -2.33. The number of aromatic nitrogens is 1. The summed E-state index contributed by atoms with van der Waals surface area (Å²) >= 11 is 0. The molecule has 1 heterocycles. The van der Waals surface area contributed by atoms with E-state index >= 15 is 0 Å². The molecular formula is C99H119N3. The SMILES string of the molecule is CCCCCCCCC1(CCCCCCCC)c2cc(C)ccc2-c2c1ccc1c3ccccc3n(-c3cc(CCCCCC)c(-c4ccc(N(c5ccc(-c6ccc(N(c7ccc(C)cc7)c7ccc(C(C)(C)C)cc7)cc6)cc5)c5ccc(C(C)(C)C)cc5)cc4)cc3CCCCCC)c21. The maximum atomic E-state index is 2.80. The highest BCUT2D eigenvalue weighted by atomic mass is 15.1. The molecule has 0 fully saturated rings. The van der Waals surface area contributed by atoms with Crippen LogP contribution in [0.25, 0.3) is 60.9 Å². The number of hydrogen-bond donors (Lipinski definition) is 0. The normalized spacial score (nSPS) is 12.7. The van der Waals surface area contributed by atoms with Crippen molar-refractivity contribution in [2.24, 2.45) is 0 Å². The lowest BCUT2D eigenvalue weighted by Crippen LogP contribution is -2.25. The number of para-hydroxylation sites is 1. The van der Waals surface area contributed by atoms with Gasteiger partial charge < -0.3 is 14.4 Å². The molecule has 3 nitrogen and oxygen atoms in total. The lowest BCUT2D eigenvalue weighted by atomic mass is 9.70. The molecule has 0 atom stereocenters. The number of aryl methyl sites for hydroxylation is 4. The van der Waals surface area contributed by atoms with Gasteiger partial charge in [-0.05, 0) is 215 Å². The van der Waals surface area contributed by atoms with Crippen LogP contribution in [0.1, 0.15) is 255 Å². The summed E-state index contributed by atoms with van der Waals surface area (Å²) in [6.07, 6.45) is 30.1. The van der Waals surface area contributed by atoms with Gasteiger partial charge in [-0.25, -0.2) is 0 Å². The van der Waals surface area contributed by atoms with Crippen molar-refractivity contribution in [1.29, 1.82) is 0 Å². The second kappa shape index (κ2) is 33.4. The van der Waals surface area contributed by atoms with Crippen LogP contribution in [0.3, 0.4) is 0 Å². The number of nitrogens with zero attached hydrogens (tertiary/aromatic N) is 3. The number of fused-ring (bicyclic) bond motifs is 7. The van der Waals surface area contributed by atoms with Gasteiger partial charge in [0.1, 0.15) is 0 Å². The average Bonchev–Trinajstić information content (AvgIpc) is 1.53. The van der Waals surface area contributed by atoms with Crippen molar-refractivity contribution in [3.63, 3.8) is 0 Å². The van der Waals surface area contributed by atoms with E-state index in [1.807, 2.05) is 0 Å². The van der Waals surface area contributed by atoms with Crippen molar-refractivity contribution in [2.45, 2.75) is 253 Å². The molecule has 0 radical (unpaired) electrons. The maximum absolute atomic E-state index is 2.80. The van der Waals surface area contributed by atoms with Crippen LogP contribution in [0.2, 0.25) is 0 Å². The fourth-order valence-corrected chi connectivity index (χ4v) is 16.7. The molecule has 12 rings (SSSR count). The Balaban J connectivity index is 0.951. The van der Waals surface area contributed by atoms with Crippen molar-refractivity contribution >= 4 is 55.9 Å². The number of unbranched alkanes of at least 4 members (excludes halogenated alkanes) is 16. The first kappa shape index (κ1) is 73.4. The monoisotopic (exact) mass is 1350 g/mol. The second-order valence-corrected chi connectivity index (χ2v) is 32.4. The van der Waals surface area contributed by atoms with Crippen LogP contribution < -0.4 is 9.80 Å². The van der Waals surface area contributed by atoms with E-state index in [9.17, 15) is 0 Å². The van der Waals surface area contributed by atoms with Gasteiger partial charge in [0.05, 0.1) is 11.0 Å². The van der Waals surface area contributed by atoms with Gasteiger partial charge in [0.25, 0.3) is 0 Å². The van der Waals surface area contributed by atoms with Crippen LogP contribution in [0.5, 0.6) is 0 Å². The zero-order valence-corrected chi connectivity index (χ0v) is 64.5. The predicted octanol–water partition coefficient (Wildman–Crippen LogP) is 30.3. The van der Waals surface area contributed by atoms with Crippen molar-refractivity contribution in [3.8, 4) is 39.1 Å². The van der Waals surface area contributed by atoms with E-state index < -0.39 is 0 Å². The Morgan fingerprint density at radius 2 is 0.745 bits per heavy atom. The highest BCUT2D eigenvalue weighted by Crippen LogP contribution is 2.58. The summed E-state index contributed by atoms with van der Waals surface area (Å²) in [5.41, 5.74) is 30.5. The minimum Gasteiger partial charge on any atom is -0.311 e. The zero-order chi connectivity index (χ0) is 71.4. The Hall–Kier alpha value is -8.40. The third-order valence-corrected chi connectivity index (χ3v) is 22.7. The molecule has 1 aromatic heterocycles. The number of benzene rings is 10. The van der Waals surface area contributed by atoms with Crippen molar-refractivity contribution in [1.82, 2.24) is 4.57 Å². The average molecular weight is 1350 g/mol. The van der Waals surface area contributed by atoms with Crippen molar-refractivity contribution in [2.75, 3.05) is 9.80 Å². The topological polar surface area (TPSA) is 11.4 Å². The van der Waals surface area contributed by atoms with E-state index in [0.29, 0.717) is 0 Å². The predicted molar refractivity (Wildman–Crippen MR) is 446 cm³/mol. The number of hydrogen-bond acceptors (Lipinski definition) is 2. The Labute approximate surface area is 615 Å². The van der Waals surface area contributed by atoms with E-state index in [-0.39, 0.29) is 16.2 Å². The van der Waals surface area contributed by atoms with Gasteiger partial charge in [0.15, 0.2) is 0 Å². The minimum absolute atomic E-state index is 0.0140. The number of anilines is 6. The van der Waals surface area contributed by atoms with Crippen molar-refractivity contribution < 1.29 is 0 Å². The molecule has 10 aromatic carbocycles.